The molecule has 0 atom stereocenters. The second-order valence-electron chi connectivity index (χ2n) is 7.60. The van der Waals surface area contributed by atoms with Crippen molar-refractivity contribution in [3.05, 3.63) is 82.0 Å². The number of rotatable bonds is 4. The maximum Gasteiger partial charge on any atom is 2.00 e. The van der Waals surface area contributed by atoms with Gasteiger partial charge in [0.2, 0.25) is 0 Å². The summed E-state index contributed by atoms with van der Waals surface area (Å²) in [5.74, 6) is -1.05. The number of aromatic nitrogens is 2. The van der Waals surface area contributed by atoms with Crippen LogP contribution in [0.1, 0.15) is 39.1 Å². The van der Waals surface area contributed by atoms with E-state index in [1.165, 1.54) is 0 Å². The molecular weight excluding hydrogens is 443 g/mol. The molecule has 2 aromatic rings. The van der Waals surface area contributed by atoms with Crippen LogP contribution in [0.3, 0.4) is 0 Å². The summed E-state index contributed by atoms with van der Waals surface area (Å²) in [5, 5.41) is 11.0. The first-order chi connectivity index (χ1) is 14.8. The van der Waals surface area contributed by atoms with E-state index in [4.69, 9.17) is 4.98 Å². The van der Waals surface area contributed by atoms with Gasteiger partial charge in [0.1, 0.15) is 0 Å². The van der Waals surface area contributed by atoms with E-state index in [2.05, 4.69) is 15.0 Å². The minimum Gasteiger partial charge on any atom is -0.657 e. The molecule has 0 amide bonds. The summed E-state index contributed by atoms with van der Waals surface area (Å²) in [6, 6.07) is 7.45. The van der Waals surface area contributed by atoms with E-state index >= 15 is 0 Å². The Morgan fingerprint density at radius 1 is 0.844 bits per heavy atom. The number of aliphatic carboxylic acids is 1. The molecule has 0 spiro atoms. The van der Waals surface area contributed by atoms with Gasteiger partial charge in [0.25, 0.3) is 0 Å². The Labute approximate surface area is 196 Å². The number of carboxylic acid groups (broad SMARTS) is 1. The van der Waals surface area contributed by atoms with E-state index in [1.807, 2.05) is 64.1 Å². The van der Waals surface area contributed by atoms with Crippen LogP contribution in [0.4, 0.5) is 0 Å². The van der Waals surface area contributed by atoms with E-state index < -0.39 is 5.97 Å². The third kappa shape index (κ3) is 4.44. The Bertz CT molecular complexity index is 1370. The zero-order valence-electron chi connectivity index (χ0n) is 18.2. The molecule has 1 N–H and O–H groups in total. The molecule has 0 aliphatic carbocycles. The summed E-state index contributed by atoms with van der Waals surface area (Å²) in [7, 11) is 0. The van der Waals surface area contributed by atoms with Crippen molar-refractivity contribution in [1.82, 2.24) is 9.97 Å². The Hall–Kier alpha value is -3.41. The van der Waals surface area contributed by atoms with E-state index in [0.29, 0.717) is 16.8 Å². The van der Waals surface area contributed by atoms with E-state index in [1.54, 1.807) is 18.4 Å². The van der Waals surface area contributed by atoms with E-state index in [9.17, 15) is 9.90 Å². The fourth-order valence-corrected chi connectivity index (χ4v) is 3.41. The Balaban J connectivity index is 0.00000289. The van der Waals surface area contributed by atoms with Gasteiger partial charge in [-0.1, -0.05) is 29.8 Å². The van der Waals surface area contributed by atoms with Crippen LogP contribution >= 0.6 is 0 Å². The predicted octanol–water partition coefficient (Wildman–Crippen LogP) is 2.84. The van der Waals surface area contributed by atoms with Crippen molar-refractivity contribution in [2.75, 3.05) is 0 Å². The molecule has 2 aliphatic heterocycles. The molecule has 0 unspecified atom stereocenters. The van der Waals surface area contributed by atoms with Gasteiger partial charge in [-0.2, -0.15) is 0 Å². The first-order valence-electron chi connectivity index (χ1n) is 9.94. The van der Waals surface area contributed by atoms with Crippen LogP contribution in [0.2, 0.25) is 0 Å². The summed E-state index contributed by atoms with van der Waals surface area (Å²) in [6.45, 7) is 7.81. The zero-order valence-corrected chi connectivity index (χ0v) is 19.4. The first kappa shape index (κ1) is 23.3. The summed E-state index contributed by atoms with van der Waals surface area (Å²) in [6.07, 6.45) is 9.15. The maximum atomic E-state index is 12.0. The predicted molar refractivity (Wildman–Crippen MR) is 124 cm³/mol. The van der Waals surface area contributed by atoms with Gasteiger partial charge >= 0.3 is 23.0 Å². The van der Waals surface area contributed by atoms with E-state index in [-0.39, 0.29) is 22.6 Å². The summed E-state index contributed by atoms with van der Waals surface area (Å²) in [5.41, 5.74) is 6.63. The number of nitrogens with zero attached hydrogens (tertiary/aromatic N) is 4. The number of allylic oxidation sites excluding steroid dienone is 6. The SMILES string of the molecule is CC(C)=c1cc/c(=C(\C(=O)O)C2=N/C(=C(/C)c3ccc(/C(C)=C4/C=CC=N4)[n-]3)C=C2)[n-]1.[Mn+2]. The smallest absolute Gasteiger partial charge is 0.657 e. The summed E-state index contributed by atoms with van der Waals surface area (Å²) >= 11 is 0. The fourth-order valence-electron chi connectivity index (χ4n) is 3.41. The van der Waals surface area contributed by atoms with Crippen LogP contribution in [0.5, 0.6) is 0 Å². The number of hydrogen-bond donors (Lipinski definition) is 1. The molecule has 7 heteroatoms. The summed E-state index contributed by atoms with van der Waals surface area (Å²) < 4.78 is 0. The number of carboxylic acids is 1. The maximum absolute atomic E-state index is 12.0. The molecular formula is C25H22MnN4O2. The van der Waals surface area contributed by atoms with Crippen molar-refractivity contribution in [2.45, 2.75) is 27.7 Å². The third-order valence-electron chi connectivity index (χ3n) is 5.25. The number of aliphatic imine (C=N–C) groups is 2. The van der Waals surface area contributed by atoms with Crippen molar-refractivity contribution < 1.29 is 27.0 Å². The molecule has 4 heterocycles. The van der Waals surface area contributed by atoms with Gasteiger partial charge in [-0.05, 0) is 63.1 Å². The normalized spacial score (nSPS) is 18.4. The molecule has 0 aromatic carbocycles. The van der Waals surface area contributed by atoms with Crippen LogP contribution in [-0.2, 0) is 21.9 Å². The minimum absolute atomic E-state index is 0. The zero-order chi connectivity index (χ0) is 22.1. The molecule has 2 aliphatic rings. The average Bonchev–Trinajstić information content (AvgIpc) is 3.54. The molecule has 6 nitrogen and oxygen atoms in total. The van der Waals surface area contributed by atoms with Crippen LogP contribution in [0.15, 0.2) is 69.9 Å². The van der Waals surface area contributed by atoms with Crippen LogP contribution in [0, 0.1) is 0 Å². The van der Waals surface area contributed by atoms with Crippen molar-refractivity contribution in [3.63, 3.8) is 0 Å². The van der Waals surface area contributed by atoms with Crippen molar-refractivity contribution in [2.24, 2.45) is 9.98 Å². The second kappa shape index (κ2) is 9.38. The van der Waals surface area contributed by atoms with Gasteiger partial charge in [0, 0.05) is 6.21 Å². The van der Waals surface area contributed by atoms with Crippen LogP contribution in [0.25, 0.3) is 22.3 Å². The van der Waals surface area contributed by atoms with Crippen molar-refractivity contribution in [1.29, 1.82) is 0 Å². The quantitative estimate of drug-likeness (QED) is 0.704. The molecule has 1 radical (unpaired) electrons. The minimum atomic E-state index is -1.05. The van der Waals surface area contributed by atoms with Gasteiger partial charge in [0.15, 0.2) is 0 Å². The molecule has 0 saturated heterocycles. The molecule has 4 rings (SSSR count). The third-order valence-corrected chi connectivity index (χ3v) is 5.25. The Kier molecular flexibility index (Phi) is 6.82. The molecule has 32 heavy (non-hydrogen) atoms. The van der Waals surface area contributed by atoms with Crippen LogP contribution < -0.4 is 20.7 Å². The molecule has 2 aromatic heterocycles. The van der Waals surface area contributed by atoms with Gasteiger partial charge in [-0.3, -0.25) is 4.99 Å². The molecule has 0 bridgehead atoms. The largest absolute Gasteiger partial charge is 2.00 e. The standard InChI is InChI=1S/C25H23N4O2.Mn/c1-14(2)17-7-11-22(27-17)24(25(30)31)23-12-10-21(29-23)16(4)20-9-8-19(28-20)15(3)18-6-5-13-26-18;/h5-13H,1-4H3,(H2-,26,27,28,29,30,31);/q-1;+2/p-1. The average molecular weight is 465 g/mol. The van der Waals surface area contributed by atoms with Gasteiger partial charge < -0.3 is 15.1 Å². The Morgan fingerprint density at radius 3 is 2.06 bits per heavy atom. The summed E-state index contributed by atoms with van der Waals surface area (Å²) in [4.78, 5) is 30.0. The number of carbonyl (C=O) groups is 1. The fraction of sp³-hybridized carbons (Fsp3) is 0.160. The van der Waals surface area contributed by atoms with E-state index in [0.717, 1.165) is 39.2 Å². The van der Waals surface area contributed by atoms with Gasteiger partial charge in [-0.25, -0.2) is 9.79 Å². The molecule has 0 fully saturated rings. The second-order valence-corrected chi connectivity index (χ2v) is 7.60. The first-order valence-corrected chi connectivity index (χ1v) is 9.94. The number of hydrogen-bond acceptors (Lipinski definition) is 3. The van der Waals surface area contributed by atoms with Crippen LogP contribution in [-0.4, -0.2) is 23.0 Å². The Morgan fingerprint density at radius 2 is 1.50 bits per heavy atom. The topological polar surface area (TPSA) is 90.2 Å². The molecule has 161 valence electrons. The van der Waals surface area contributed by atoms with Gasteiger partial charge in [0.05, 0.1) is 22.7 Å². The molecule has 0 saturated carbocycles. The van der Waals surface area contributed by atoms with Crippen molar-refractivity contribution in [3.8, 4) is 0 Å². The van der Waals surface area contributed by atoms with Gasteiger partial charge in [-0.15, -0.1) is 22.1 Å². The van der Waals surface area contributed by atoms with Crippen molar-refractivity contribution >= 4 is 40.2 Å². The monoisotopic (exact) mass is 465 g/mol.